The van der Waals surface area contributed by atoms with E-state index in [1.165, 1.54) is 11.0 Å². The summed E-state index contributed by atoms with van der Waals surface area (Å²) in [5.41, 5.74) is 2.00. The number of rotatable bonds is 3. The topological polar surface area (TPSA) is 58.6 Å². The van der Waals surface area contributed by atoms with Crippen molar-refractivity contribution in [2.75, 3.05) is 23.4 Å². The number of anilines is 2. The van der Waals surface area contributed by atoms with Crippen LogP contribution in [0.4, 0.5) is 20.6 Å². The van der Waals surface area contributed by atoms with Gasteiger partial charge in [0.1, 0.15) is 12.4 Å². The fourth-order valence-corrected chi connectivity index (χ4v) is 2.29. The second-order valence-electron chi connectivity index (χ2n) is 5.23. The van der Waals surface area contributed by atoms with Crippen molar-refractivity contribution < 1.29 is 18.7 Å². The highest BCUT2D eigenvalue weighted by Crippen LogP contribution is 2.20. The molecule has 23 heavy (non-hydrogen) atoms. The maximum atomic E-state index is 13.5. The molecule has 1 aliphatic rings. The van der Waals surface area contributed by atoms with Crippen molar-refractivity contribution in [3.05, 3.63) is 59.4 Å². The fourth-order valence-electron chi connectivity index (χ4n) is 2.29. The highest BCUT2D eigenvalue weighted by Gasteiger charge is 2.23. The second kappa shape index (κ2) is 6.08. The molecular weight excluding hydrogens is 299 g/mol. The average Bonchev–Trinajstić information content (AvgIpc) is 2.97. The van der Waals surface area contributed by atoms with E-state index in [2.05, 4.69) is 5.32 Å². The molecule has 3 rings (SSSR count). The Labute approximate surface area is 132 Å². The van der Waals surface area contributed by atoms with Crippen LogP contribution in [0.25, 0.3) is 0 Å². The van der Waals surface area contributed by atoms with Gasteiger partial charge in [0.25, 0.3) is 5.91 Å². The molecule has 0 aromatic heterocycles. The summed E-state index contributed by atoms with van der Waals surface area (Å²) >= 11 is 0. The van der Waals surface area contributed by atoms with Crippen molar-refractivity contribution >= 4 is 23.4 Å². The number of carbonyl (C=O) groups is 2. The lowest BCUT2D eigenvalue weighted by molar-refractivity contribution is 0.102. The third kappa shape index (κ3) is 3.15. The van der Waals surface area contributed by atoms with Gasteiger partial charge in [0.2, 0.25) is 0 Å². The van der Waals surface area contributed by atoms with Gasteiger partial charge in [0.05, 0.1) is 6.54 Å². The summed E-state index contributed by atoms with van der Waals surface area (Å²) < 4.78 is 18.4. The van der Waals surface area contributed by atoms with Crippen LogP contribution >= 0.6 is 0 Å². The Balaban J connectivity index is 1.72. The number of nitrogens with zero attached hydrogens (tertiary/aromatic N) is 1. The van der Waals surface area contributed by atoms with Crippen LogP contribution in [-0.4, -0.2) is 25.2 Å². The largest absolute Gasteiger partial charge is 0.447 e. The van der Waals surface area contributed by atoms with Gasteiger partial charge < -0.3 is 10.1 Å². The maximum absolute atomic E-state index is 13.5. The van der Waals surface area contributed by atoms with E-state index >= 15 is 0 Å². The first kappa shape index (κ1) is 15.0. The van der Waals surface area contributed by atoms with Crippen LogP contribution in [-0.2, 0) is 4.74 Å². The van der Waals surface area contributed by atoms with E-state index in [0.29, 0.717) is 35.7 Å². The van der Waals surface area contributed by atoms with Crippen molar-refractivity contribution in [2.45, 2.75) is 6.92 Å². The minimum atomic E-state index is -0.391. The van der Waals surface area contributed by atoms with E-state index in [1.54, 1.807) is 43.3 Å². The summed E-state index contributed by atoms with van der Waals surface area (Å²) in [6.45, 7) is 2.51. The molecule has 0 saturated carbocycles. The molecule has 5 nitrogen and oxygen atoms in total. The predicted molar refractivity (Wildman–Crippen MR) is 84.2 cm³/mol. The number of carbonyl (C=O) groups excluding carboxylic acids is 2. The van der Waals surface area contributed by atoms with Gasteiger partial charge in [-0.3, -0.25) is 9.69 Å². The van der Waals surface area contributed by atoms with Crippen molar-refractivity contribution in [2.24, 2.45) is 0 Å². The number of nitrogens with one attached hydrogen (secondary N) is 1. The first-order valence-electron chi connectivity index (χ1n) is 7.16. The summed E-state index contributed by atoms with van der Waals surface area (Å²) in [6, 6.07) is 11.1. The Morgan fingerprint density at radius 3 is 2.57 bits per heavy atom. The lowest BCUT2D eigenvalue weighted by atomic mass is 10.1. The number of aryl methyl sites for hydroxylation is 1. The standard InChI is InChI=1S/C17H15FN2O3/c1-11-2-5-13(10-15(11)18)19-16(21)12-3-6-14(7-4-12)20-8-9-23-17(20)22/h2-7,10H,8-9H2,1H3,(H,19,21). The van der Waals surface area contributed by atoms with Crippen LogP contribution in [0.3, 0.4) is 0 Å². The molecule has 1 N–H and O–H groups in total. The number of hydrogen-bond donors (Lipinski definition) is 1. The summed E-state index contributed by atoms with van der Waals surface area (Å²) in [5.74, 6) is -0.713. The molecule has 0 spiro atoms. The van der Waals surface area contributed by atoms with E-state index in [1.807, 2.05) is 0 Å². The number of benzene rings is 2. The third-order valence-corrected chi connectivity index (χ3v) is 3.63. The molecule has 2 aromatic rings. The molecule has 1 fully saturated rings. The van der Waals surface area contributed by atoms with Crippen LogP contribution in [0, 0.1) is 12.7 Å². The molecule has 118 valence electrons. The van der Waals surface area contributed by atoms with Crippen molar-refractivity contribution in [1.29, 1.82) is 0 Å². The fraction of sp³-hybridized carbons (Fsp3) is 0.176. The molecule has 0 aliphatic carbocycles. The minimum absolute atomic E-state index is 0.344. The van der Waals surface area contributed by atoms with Gasteiger partial charge in [0.15, 0.2) is 0 Å². The van der Waals surface area contributed by atoms with E-state index in [9.17, 15) is 14.0 Å². The van der Waals surface area contributed by atoms with E-state index in [4.69, 9.17) is 4.74 Å². The van der Waals surface area contributed by atoms with Gasteiger partial charge >= 0.3 is 6.09 Å². The normalized spacial score (nSPS) is 13.8. The smallest absolute Gasteiger partial charge is 0.414 e. The molecule has 6 heteroatoms. The Hall–Kier alpha value is -2.89. The molecule has 1 heterocycles. The Kier molecular flexibility index (Phi) is 3.97. The van der Waals surface area contributed by atoms with Crippen LogP contribution in [0.5, 0.6) is 0 Å². The molecule has 1 aliphatic heterocycles. The molecular formula is C17H15FN2O3. The number of amides is 2. The zero-order chi connectivity index (χ0) is 16.4. The van der Waals surface area contributed by atoms with Crippen LogP contribution in [0.15, 0.2) is 42.5 Å². The van der Waals surface area contributed by atoms with Gasteiger partial charge in [0, 0.05) is 16.9 Å². The predicted octanol–water partition coefficient (Wildman–Crippen LogP) is 3.34. The van der Waals surface area contributed by atoms with E-state index in [0.717, 1.165) is 0 Å². The number of halogens is 1. The Morgan fingerprint density at radius 1 is 1.22 bits per heavy atom. The highest BCUT2D eigenvalue weighted by molar-refractivity contribution is 6.04. The van der Waals surface area contributed by atoms with Gasteiger partial charge in [-0.05, 0) is 48.9 Å². The highest BCUT2D eigenvalue weighted by atomic mass is 19.1. The number of ether oxygens (including phenoxy) is 1. The molecule has 0 bridgehead atoms. The first-order valence-corrected chi connectivity index (χ1v) is 7.16. The number of cyclic esters (lactones) is 1. The molecule has 0 radical (unpaired) electrons. The first-order chi connectivity index (χ1) is 11.0. The van der Waals surface area contributed by atoms with Crippen LogP contribution < -0.4 is 10.2 Å². The van der Waals surface area contributed by atoms with E-state index in [-0.39, 0.29) is 11.7 Å². The van der Waals surface area contributed by atoms with Crippen molar-refractivity contribution in [3.63, 3.8) is 0 Å². The molecule has 0 atom stereocenters. The third-order valence-electron chi connectivity index (χ3n) is 3.63. The zero-order valence-corrected chi connectivity index (χ0v) is 12.5. The molecule has 0 unspecified atom stereocenters. The zero-order valence-electron chi connectivity index (χ0n) is 12.5. The second-order valence-corrected chi connectivity index (χ2v) is 5.23. The average molecular weight is 314 g/mol. The van der Waals surface area contributed by atoms with Crippen molar-refractivity contribution in [1.82, 2.24) is 0 Å². The quantitative estimate of drug-likeness (QED) is 0.945. The summed E-state index contributed by atoms with van der Waals surface area (Å²) in [4.78, 5) is 25.1. The summed E-state index contributed by atoms with van der Waals surface area (Å²) in [6.07, 6.45) is -0.391. The molecule has 2 amide bonds. The maximum Gasteiger partial charge on any atom is 0.414 e. The van der Waals surface area contributed by atoms with Crippen LogP contribution in [0.1, 0.15) is 15.9 Å². The number of hydrogen-bond acceptors (Lipinski definition) is 3. The Morgan fingerprint density at radius 2 is 1.96 bits per heavy atom. The van der Waals surface area contributed by atoms with Crippen molar-refractivity contribution in [3.8, 4) is 0 Å². The van der Waals surface area contributed by atoms with Gasteiger partial charge in [-0.2, -0.15) is 0 Å². The van der Waals surface area contributed by atoms with Crippen LogP contribution in [0.2, 0.25) is 0 Å². The Bertz CT molecular complexity index is 759. The van der Waals surface area contributed by atoms with E-state index < -0.39 is 6.09 Å². The molecule has 2 aromatic carbocycles. The lowest BCUT2D eigenvalue weighted by Gasteiger charge is -2.13. The monoisotopic (exact) mass is 314 g/mol. The molecule has 1 saturated heterocycles. The summed E-state index contributed by atoms with van der Waals surface area (Å²) in [5, 5.41) is 2.64. The van der Waals surface area contributed by atoms with Gasteiger partial charge in [-0.25, -0.2) is 9.18 Å². The van der Waals surface area contributed by atoms with Gasteiger partial charge in [-0.1, -0.05) is 6.07 Å². The SMILES string of the molecule is Cc1ccc(NC(=O)c2ccc(N3CCOC3=O)cc2)cc1F. The minimum Gasteiger partial charge on any atom is -0.447 e. The van der Waals surface area contributed by atoms with Gasteiger partial charge in [-0.15, -0.1) is 0 Å². The summed E-state index contributed by atoms with van der Waals surface area (Å²) in [7, 11) is 0. The lowest BCUT2D eigenvalue weighted by Crippen LogP contribution is -2.23.